The minimum atomic E-state index is -0.812. The zero-order valence-electron chi connectivity index (χ0n) is 23.2. The van der Waals surface area contributed by atoms with Crippen molar-refractivity contribution in [2.45, 2.75) is 112 Å². The molecule has 0 fully saturated rings. The summed E-state index contributed by atoms with van der Waals surface area (Å²) in [5.74, 6) is -0.367. The van der Waals surface area contributed by atoms with Gasteiger partial charge in [0.15, 0.2) is 0 Å². The fourth-order valence-corrected chi connectivity index (χ4v) is 3.86. The molecule has 2 atom stereocenters. The molecule has 3 amide bonds. The van der Waals surface area contributed by atoms with Gasteiger partial charge in [0, 0.05) is 12.6 Å². The second-order valence-corrected chi connectivity index (χ2v) is 10.8. The zero-order chi connectivity index (χ0) is 26.8. The molecule has 2 N–H and O–H groups in total. The maximum atomic E-state index is 14.0. The number of unbranched alkanes of at least 4 members (excludes halogenated alkanes) is 1. The highest BCUT2D eigenvalue weighted by Gasteiger charge is 2.37. The molecule has 0 heterocycles. The van der Waals surface area contributed by atoms with Crippen molar-refractivity contribution in [3.8, 4) is 0 Å². The maximum Gasteiger partial charge on any atom is 0.408 e. The van der Waals surface area contributed by atoms with Crippen LogP contribution in [0.5, 0.6) is 0 Å². The molecule has 7 heteroatoms. The first-order valence-corrected chi connectivity index (χ1v) is 13.0. The van der Waals surface area contributed by atoms with Crippen LogP contribution < -0.4 is 10.6 Å². The lowest BCUT2D eigenvalue weighted by molar-refractivity contribution is -0.144. The Kier molecular flexibility index (Phi) is 12.3. The fraction of sp³-hybridized carbons (Fsp3) is 0.679. The summed E-state index contributed by atoms with van der Waals surface area (Å²) < 4.78 is 5.42. The third-order valence-electron chi connectivity index (χ3n) is 5.57. The van der Waals surface area contributed by atoms with Gasteiger partial charge in [-0.3, -0.25) is 9.59 Å². The zero-order valence-corrected chi connectivity index (χ0v) is 23.2. The molecule has 2 unspecified atom stereocenters. The first-order valence-electron chi connectivity index (χ1n) is 13.0. The van der Waals surface area contributed by atoms with Crippen molar-refractivity contribution in [3.63, 3.8) is 0 Å². The summed E-state index contributed by atoms with van der Waals surface area (Å²) in [6.07, 6.45) is 2.49. The van der Waals surface area contributed by atoms with E-state index in [1.165, 1.54) is 0 Å². The van der Waals surface area contributed by atoms with E-state index in [0.29, 0.717) is 13.0 Å². The molecule has 7 nitrogen and oxygen atoms in total. The summed E-state index contributed by atoms with van der Waals surface area (Å²) in [7, 11) is 0. The summed E-state index contributed by atoms with van der Waals surface area (Å²) in [5, 5.41) is 5.78. The Morgan fingerprint density at radius 3 is 2.06 bits per heavy atom. The number of nitrogens with zero attached hydrogens (tertiary/aromatic N) is 1. The average Bonchev–Trinajstić information content (AvgIpc) is 2.74. The minimum Gasteiger partial charge on any atom is -0.444 e. The van der Waals surface area contributed by atoms with E-state index in [-0.39, 0.29) is 23.8 Å². The lowest BCUT2D eigenvalue weighted by Crippen LogP contribution is -2.55. The van der Waals surface area contributed by atoms with E-state index in [1.54, 1.807) is 25.7 Å². The summed E-state index contributed by atoms with van der Waals surface area (Å²) >= 11 is 0. The highest BCUT2D eigenvalue weighted by atomic mass is 16.6. The molecule has 0 bridgehead atoms. The number of hydrogen-bond donors (Lipinski definition) is 2. The van der Waals surface area contributed by atoms with E-state index in [1.807, 2.05) is 52.0 Å². The van der Waals surface area contributed by atoms with Gasteiger partial charge in [-0.2, -0.15) is 0 Å². The molecule has 1 aromatic rings. The lowest BCUT2D eigenvalue weighted by atomic mass is 9.97. The third kappa shape index (κ3) is 10.3. The monoisotopic (exact) mass is 489 g/mol. The SMILES string of the molecule is CCCCNC(=O)C(c1ccc(CC)cc1)N(C(=O)C(CC(C)C)NC(=O)OC(C)(C)C)C(C)C. The topological polar surface area (TPSA) is 87.7 Å². The number of amides is 3. The van der Waals surface area contributed by atoms with E-state index in [4.69, 9.17) is 4.74 Å². The first-order chi connectivity index (χ1) is 16.3. The molecule has 0 radical (unpaired) electrons. The van der Waals surface area contributed by atoms with Crippen LogP contribution >= 0.6 is 0 Å². The molecule has 35 heavy (non-hydrogen) atoms. The third-order valence-corrected chi connectivity index (χ3v) is 5.57. The summed E-state index contributed by atoms with van der Waals surface area (Å²) in [5.41, 5.74) is 1.22. The number of nitrogens with one attached hydrogen (secondary N) is 2. The van der Waals surface area contributed by atoms with Crippen LogP contribution in [0.15, 0.2) is 24.3 Å². The van der Waals surface area contributed by atoms with Crippen molar-refractivity contribution in [2.75, 3.05) is 6.54 Å². The molecule has 0 aliphatic heterocycles. The number of ether oxygens (including phenoxy) is 1. The van der Waals surface area contributed by atoms with Gasteiger partial charge in [0.1, 0.15) is 17.7 Å². The van der Waals surface area contributed by atoms with Gasteiger partial charge in [0.05, 0.1) is 0 Å². The number of carbonyl (C=O) groups is 3. The van der Waals surface area contributed by atoms with Crippen molar-refractivity contribution >= 4 is 17.9 Å². The van der Waals surface area contributed by atoms with Crippen LogP contribution in [0.2, 0.25) is 0 Å². The van der Waals surface area contributed by atoms with E-state index < -0.39 is 23.8 Å². The van der Waals surface area contributed by atoms with Gasteiger partial charge in [-0.15, -0.1) is 0 Å². The van der Waals surface area contributed by atoms with E-state index in [9.17, 15) is 14.4 Å². The number of hydrogen-bond acceptors (Lipinski definition) is 4. The lowest BCUT2D eigenvalue weighted by Gasteiger charge is -2.37. The number of carbonyl (C=O) groups excluding carboxylic acids is 3. The van der Waals surface area contributed by atoms with Crippen molar-refractivity contribution in [2.24, 2.45) is 5.92 Å². The Labute approximate surface area is 212 Å². The van der Waals surface area contributed by atoms with Crippen LogP contribution in [0.3, 0.4) is 0 Å². The van der Waals surface area contributed by atoms with Crippen molar-refractivity contribution in [1.29, 1.82) is 0 Å². The Morgan fingerprint density at radius 2 is 1.60 bits per heavy atom. The van der Waals surface area contributed by atoms with Crippen LogP contribution in [-0.2, 0) is 20.7 Å². The van der Waals surface area contributed by atoms with Gasteiger partial charge < -0.3 is 20.3 Å². The quantitative estimate of drug-likeness (QED) is 0.386. The molecule has 0 saturated carbocycles. The molecular formula is C28H47N3O4. The summed E-state index contributed by atoms with van der Waals surface area (Å²) in [6.45, 7) is 17.8. The van der Waals surface area contributed by atoms with Crippen LogP contribution in [0.1, 0.15) is 98.7 Å². The van der Waals surface area contributed by atoms with Crippen LogP contribution in [0.25, 0.3) is 0 Å². The molecule has 0 aromatic heterocycles. The maximum absolute atomic E-state index is 14.0. The van der Waals surface area contributed by atoms with Gasteiger partial charge >= 0.3 is 6.09 Å². The largest absolute Gasteiger partial charge is 0.444 e. The number of rotatable bonds is 12. The van der Waals surface area contributed by atoms with E-state index >= 15 is 0 Å². The smallest absolute Gasteiger partial charge is 0.408 e. The van der Waals surface area contributed by atoms with Gasteiger partial charge in [-0.1, -0.05) is 58.4 Å². The average molecular weight is 490 g/mol. The van der Waals surface area contributed by atoms with Crippen molar-refractivity contribution in [3.05, 3.63) is 35.4 Å². The minimum absolute atomic E-state index is 0.147. The van der Waals surface area contributed by atoms with Crippen LogP contribution in [-0.4, -0.2) is 47.0 Å². The Balaban J connectivity index is 3.41. The molecule has 0 saturated heterocycles. The predicted octanol–water partition coefficient (Wildman–Crippen LogP) is 5.38. The number of alkyl carbamates (subject to hydrolysis) is 1. The second kappa shape index (κ2) is 14.1. The molecule has 1 rings (SSSR count). The second-order valence-electron chi connectivity index (χ2n) is 10.8. The van der Waals surface area contributed by atoms with E-state index in [2.05, 4.69) is 24.5 Å². The molecule has 0 aliphatic rings. The van der Waals surface area contributed by atoms with Gasteiger partial charge in [0.25, 0.3) is 0 Å². The molecule has 0 spiro atoms. The van der Waals surface area contributed by atoms with Gasteiger partial charge in [-0.05, 0) is 70.9 Å². The molecule has 198 valence electrons. The standard InChI is InChI=1S/C28H47N3O4/c1-10-12-17-29-25(32)24(22-15-13-21(11-2)14-16-22)31(20(5)6)26(33)23(18-19(3)4)30-27(34)35-28(7,8)9/h13-16,19-20,23-24H,10-12,17-18H2,1-9H3,(H,29,32)(H,30,34). The number of aryl methyl sites for hydroxylation is 1. The predicted molar refractivity (Wildman–Crippen MR) is 141 cm³/mol. The molecule has 0 aliphatic carbocycles. The Hall–Kier alpha value is -2.57. The number of benzene rings is 1. The summed E-state index contributed by atoms with van der Waals surface area (Å²) in [4.78, 5) is 41.6. The fourth-order valence-electron chi connectivity index (χ4n) is 3.86. The van der Waals surface area contributed by atoms with Crippen LogP contribution in [0.4, 0.5) is 4.79 Å². The highest BCUT2D eigenvalue weighted by molar-refractivity contribution is 5.92. The van der Waals surface area contributed by atoms with Gasteiger partial charge in [-0.25, -0.2) is 4.79 Å². The van der Waals surface area contributed by atoms with Crippen molar-refractivity contribution in [1.82, 2.24) is 15.5 Å². The van der Waals surface area contributed by atoms with E-state index in [0.717, 1.165) is 30.4 Å². The van der Waals surface area contributed by atoms with Gasteiger partial charge in [0.2, 0.25) is 11.8 Å². The highest BCUT2D eigenvalue weighted by Crippen LogP contribution is 2.26. The Bertz CT molecular complexity index is 812. The summed E-state index contributed by atoms with van der Waals surface area (Å²) in [6, 6.07) is 5.94. The first kappa shape index (κ1) is 30.5. The normalized spacial score (nSPS) is 13.3. The van der Waals surface area contributed by atoms with Crippen LogP contribution in [0, 0.1) is 5.92 Å². The van der Waals surface area contributed by atoms with Crippen molar-refractivity contribution < 1.29 is 19.1 Å². The molecular weight excluding hydrogens is 442 g/mol. The Morgan fingerprint density at radius 1 is 1.00 bits per heavy atom. The molecule has 1 aromatic carbocycles.